The van der Waals surface area contributed by atoms with Crippen molar-refractivity contribution in [1.82, 2.24) is 10.6 Å². The van der Waals surface area contributed by atoms with Crippen molar-refractivity contribution in [3.05, 3.63) is 22.7 Å². The predicted molar refractivity (Wildman–Crippen MR) is 181 cm³/mol. The molecular weight excluding hydrogens is 860 g/mol. The van der Waals surface area contributed by atoms with Crippen molar-refractivity contribution in [1.29, 1.82) is 0 Å². The van der Waals surface area contributed by atoms with Gasteiger partial charge < -0.3 is 0 Å². The van der Waals surface area contributed by atoms with Crippen molar-refractivity contribution in [3.8, 4) is 0 Å². The summed E-state index contributed by atoms with van der Waals surface area (Å²) in [6, 6.07) is 0. The monoisotopic (exact) mass is 912 g/mol. The first kappa shape index (κ1) is 40.2. The van der Waals surface area contributed by atoms with Gasteiger partial charge in [0.05, 0.1) is 0 Å². The number of ether oxygens (including phenoxy) is 4. The molecular formula is C36H50F6N2O8Se2. The fraction of sp³-hybridized carbons (Fsp3) is 0.889. The van der Waals surface area contributed by atoms with Crippen LogP contribution in [0.25, 0.3) is 0 Å². The van der Waals surface area contributed by atoms with Crippen molar-refractivity contribution in [2.75, 3.05) is 26.2 Å². The number of allylic oxidation sites excluding steroid dienone is 2. The molecule has 2 N–H and O–H groups in total. The Morgan fingerprint density at radius 2 is 1.02 bits per heavy atom. The first-order valence-corrected chi connectivity index (χ1v) is 26.0. The zero-order valence-electron chi connectivity index (χ0n) is 30.9. The molecule has 2 unspecified atom stereocenters. The van der Waals surface area contributed by atoms with E-state index in [1.807, 2.05) is 0 Å². The van der Waals surface area contributed by atoms with Gasteiger partial charge in [-0.3, -0.25) is 0 Å². The Bertz CT molecular complexity index is 1400. The van der Waals surface area contributed by atoms with Crippen LogP contribution < -0.4 is 10.6 Å². The summed E-state index contributed by atoms with van der Waals surface area (Å²) in [7, 11) is 0. The Kier molecular flexibility index (Phi) is 10.8. The van der Waals surface area contributed by atoms with Gasteiger partial charge in [0.15, 0.2) is 0 Å². The molecule has 0 aromatic carbocycles. The first-order valence-electron chi connectivity index (χ1n) is 19.2. The van der Waals surface area contributed by atoms with Gasteiger partial charge in [0.1, 0.15) is 0 Å². The van der Waals surface area contributed by atoms with Crippen LogP contribution in [-0.2, 0) is 38.5 Å². The number of hydrogen-bond acceptors (Lipinski definition) is 10. The number of alkyl halides is 6. The molecule has 8 heterocycles. The number of nitrogens with one attached hydrogen (secondary N) is 2. The molecule has 0 aromatic heterocycles. The van der Waals surface area contributed by atoms with E-state index in [9.17, 15) is 26.3 Å². The molecule has 4 bridgehead atoms. The molecule has 12 atom stereocenters. The minimum absolute atomic E-state index is 0.0151. The average molecular weight is 911 g/mol. The van der Waals surface area contributed by atoms with Gasteiger partial charge in [0.25, 0.3) is 0 Å². The molecule has 2 saturated carbocycles. The van der Waals surface area contributed by atoms with Crippen molar-refractivity contribution < 1.29 is 64.8 Å². The van der Waals surface area contributed by atoms with Gasteiger partial charge in [0.2, 0.25) is 0 Å². The van der Waals surface area contributed by atoms with Crippen LogP contribution in [0.5, 0.6) is 0 Å². The van der Waals surface area contributed by atoms with Gasteiger partial charge in [-0.15, -0.1) is 0 Å². The van der Waals surface area contributed by atoms with Crippen LogP contribution in [-0.4, -0.2) is 100 Å². The van der Waals surface area contributed by atoms with Crippen LogP contribution in [0.15, 0.2) is 22.7 Å². The van der Waals surface area contributed by atoms with E-state index in [1.165, 1.54) is 0 Å². The summed E-state index contributed by atoms with van der Waals surface area (Å²) in [5.41, 5.74) is -1.95. The van der Waals surface area contributed by atoms with Crippen LogP contribution >= 0.6 is 0 Å². The third-order valence-electron chi connectivity index (χ3n) is 13.3. The molecule has 6 saturated heterocycles. The van der Waals surface area contributed by atoms with Gasteiger partial charge in [-0.05, 0) is 0 Å². The summed E-state index contributed by atoms with van der Waals surface area (Å²) >= 11 is 0.476. The van der Waals surface area contributed by atoms with Gasteiger partial charge in [-0.2, -0.15) is 0 Å². The average Bonchev–Trinajstić information content (AvgIpc) is 3.48. The topological polar surface area (TPSA) is 97.9 Å². The van der Waals surface area contributed by atoms with Crippen LogP contribution in [0, 0.1) is 35.5 Å². The minimum atomic E-state index is -4.69. The zero-order valence-corrected chi connectivity index (χ0v) is 34.3. The molecule has 10 rings (SSSR count). The Balaban J connectivity index is 0.847. The maximum atomic E-state index is 14.5. The van der Waals surface area contributed by atoms with Crippen molar-refractivity contribution in [2.45, 2.75) is 137 Å². The maximum absolute atomic E-state index is 14.5. The van der Waals surface area contributed by atoms with Crippen LogP contribution in [0.3, 0.4) is 0 Å². The summed E-state index contributed by atoms with van der Waals surface area (Å²) in [6.07, 6.45) is -6.76. The van der Waals surface area contributed by atoms with Crippen molar-refractivity contribution >= 4 is 26.3 Å². The molecule has 10 nitrogen and oxygen atoms in total. The standard InChI is InChI=1S/C36H50F6N2O8Se2/c1-19-5-7-25-21(27(35(37,38)39)45-29-33(25)23(19)9-11-31(3,47-29)49-51-33)17-43-13-15-53-54-16-14-44-18-22-26-8-6-20(2)24-10-12-32(4)48-30(34(24,26)52-50-32)46-28(22)36(40,41)42/h19-20,23-26,29-30,43-44H,5-18H2,1-4H3/t19-,20-,23?,24?,25+,26+,29-,30-,31+,32+,33-,34-/m1/s1. The predicted octanol–water partition coefficient (Wildman–Crippen LogP) is 6.45. The normalized spacial score (nSPS) is 44.3. The Labute approximate surface area is 322 Å². The molecule has 18 heteroatoms. The van der Waals surface area contributed by atoms with Crippen molar-refractivity contribution in [2.24, 2.45) is 35.5 Å². The molecule has 0 aromatic rings. The summed E-state index contributed by atoms with van der Waals surface area (Å²) < 4.78 is 110. The van der Waals surface area contributed by atoms with Crippen LogP contribution in [0.4, 0.5) is 26.3 Å². The zero-order chi connectivity index (χ0) is 38.3. The summed E-state index contributed by atoms with van der Waals surface area (Å²) in [6.45, 7) is 8.68. The van der Waals surface area contributed by atoms with E-state index in [4.69, 9.17) is 38.5 Å². The number of hydrogen-bond donors (Lipinski definition) is 2. The molecule has 10 aliphatic rings. The number of rotatable bonds is 11. The molecule has 306 valence electrons. The van der Waals surface area contributed by atoms with E-state index in [0.29, 0.717) is 51.6 Å². The Morgan fingerprint density at radius 3 is 1.41 bits per heavy atom. The quantitative estimate of drug-likeness (QED) is 0.104. The van der Waals surface area contributed by atoms with Gasteiger partial charge in [-0.25, -0.2) is 0 Å². The SMILES string of the molecule is C[C@@H]1CC[C@H]2C(CNCC[Se][Se]CCNCC3=C(C(F)(F)F)O[C@@H]4O[C@]5(C)CCC6[C@H](C)CC[C@@H]3[C@]64OO5)=C(C(F)(F)F)O[C@@H]3O[C@]4(C)CCC1[C@]32OO4. The second-order valence-electron chi connectivity index (χ2n) is 16.6. The van der Waals surface area contributed by atoms with E-state index in [1.54, 1.807) is 13.8 Å². The molecule has 2 aliphatic carbocycles. The summed E-state index contributed by atoms with van der Waals surface area (Å²) in [4.78, 5) is 23.6. The van der Waals surface area contributed by atoms with E-state index < -0.39 is 71.1 Å². The molecule has 8 aliphatic heterocycles. The first-order chi connectivity index (χ1) is 25.5. The van der Waals surface area contributed by atoms with E-state index >= 15 is 0 Å². The number of fused-ring (bicyclic) bond motifs is 4. The fourth-order valence-electron chi connectivity index (χ4n) is 10.7. The summed E-state index contributed by atoms with van der Waals surface area (Å²) in [5.74, 6) is -5.12. The van der Waals surface area contributed by atoms with E-state index in [0.717, 1.165) is 23.5 Å². The van der Waals surface area contributed by atoms with Crippen LogP contribution in [0.1, 0.15) is 79.1 Å². The van der Waals surface area contributed by atoms with Gasteiger partial charge >= 0.3 is 323 Å². The van der Waals surface area contributed by atoms with Crippen molar-refractivity contribution in [3.63, 3.8) is 0 Å². The molecule has 0 radical (unpaired) electrons. The fourth-order valence-corrected chi connectivity index (χ4v) is 16.5. The second kappa shape index (κ2) is 14.6. The van der Waals surface area contributed by atoms with E-state index in [-0.39, 0.29) is 74.2 Å². The third-order valence-corrected chi connectivity index (χ3v) is 20.6. The Morgan fingerprint density at radius 1 is 0.611 bits per heavy atom. The summed E-state index contributed by atoms with van der Waals surface area (Å²) in [5, 5.41) is 8.11. The van der Waals surface area contributed by atoms with Gasteiger partial charge in [0, 0.05) is 0 Å². The molecule has 2 spiro atoms. The molecule has 0 amide bonds. The Hall–Kier alpha value is -0.621. The van der Waals surface area contributed by atoms with E-state index in [2.05, 4.69) is 24.5 Å². The molecule has 54 heavy (non-hydrogen) atoms. The third kappa shape index (κ3) is 6.81. The molecule has 8 fully saturated rings. The number of halogens is 6. The second-order valence-corrected chi connectivity index (χ2v) is 24.5. The van der Waals surface area contributed by atoms with Crippen LogP contribution in [0.2, 0.25) is 10.6 Å². The van der Waals surface area contributed by atoms with Gasteiger partial charge in [-0.1, -0.05) is 0 Å².